The van der Waals surface area contributed by atoms with Crippen LogP contribution in [0.2, 0.25) is 0 Å². The SMILES string of the molecule is COC(=O)C(C)CCCCCCCCCCCCCC(=O)O. The highest BCUT2D eigenvalue weighted by Gasteiger charge is 2.11. The summed E-state index contributed by atoms with van der Waals surface area (Å²) in [5, 5.41) is 8.52. The van der Waals surface area contributed by atoms with Gasteiger partial charge in [0.1, 0.15) is 0 Å². The van der Waals surface area contributed by atoms with E-state index in [4.69, 9.17) is 9.84 Å². The molecule has 1 N–H and O–H groups in total. The van der Waals surface area contributed by atoms with E-state index in [1.54, 1.807) is 0 Å². The Bertz CT molecular complexity index is 289. The average molecular weight is 314 g/mol. The van der Waals surface area contributed by atoms with Crippen molar-refractivity contribution in [2.24, 2.45) is 5.92 Å². The highest BCUT2D eigenvalue weighted by atomic mass is 16.5. The number of ether oxygens (including phenoxy) is 1. The number of unbranched alkanes of at least 4 members (excludes halogenated alkanes) is 10. The Morgan fingerprint density at radius 3 is 1.64 bits per heavy atom. The van der Waals surface area contributed by atoms with Crippen LogP contribution >= 0.6 is 0 Å². The van der Waals surface area contributed by atoms with Crippen LogP contribution < -0.4 is 0 Å². The molecule has 0 aliphatic heterocycles. The number of hydrogen-bond acceptors (Lipinski definition) is 3. The van der Waals surface area contributed by atoms with Crippen molar-refractivity contribution in [1.82, 2.24) is 0 Å². The van der Waals surface area contributed by atoms with E-state index in [1.807, 2.05) is 6.92 Å². The molecule has 0 bridgehead atoms. The minimum absolute atomic E-state index is 0.0335. The summed E-state index contributed by atoms with van der Waals surface area (Å²) in [4.78, 5) is 21.6. The zero-order chi connectivity index (χ0) is 16.6. The highest BCUT2D eigenvalue weighted by molar-refractivity contribution is 5.71. The number of carboxylic acids is 1. The Labute approximate surface area is 135 Å². The van der Waals surface area contributed by atoms with Gasteiger partial charge in [0.25, 0.3) is 0 Å². The number of methoxy groups -OCH3 is 1. The van der Waals surface area contributed by atoms with Gasteiger partial charge < -0.3 is 9.84 Å². The summed E-state index contributed by atoms with van der Waals surface area (Å²) in [6, 6.07) is 0. The van der Waals surface area contributed by atoms with Gasteiger partial charge in [0.2, 0.25) is 0 Å². The Kier molecular flexibility index (Phi) is 14.1. The van der Waals surface area contributed by atoms with Crippen LogP contribution in [0.15, 0.2) is 0 Å². The predicted molar refractivity (Wildman–Crippen MR) is 88.8 cm³/mol. The minimum atomic E-state index is -0.680. The van der Waals surface area contributed by atoms with Gasteiger partial charge in [-0.15, -0.1) is 0 Å². The summed E-state index contributed by atoms with van der Waals surface area (Å²) in [5.41, 5.74) is 0. The lowest BCUT2D eigenvalue weighted by Crippen LogP contribution is -2.12. The number of carbonyl (C=O) groups excluding carboxylic acids is 1. The maximum Gasteiger partial charge on any atom is 0.308 e. The average Bonchev–Trinajstić information content (AvgIpc) is 2.50. The van der Waals surface area contributed by atoms with E-state index in [2.05, 4.69) is 0 Å². The molecule has 0 heterocycles. The molecule has 0 aromatic rings. The summed E-state index contributed by atoms with van der Waals surface area (Å²) in [5.74, 6) is -0.740. The van der Waals surface area contributed by atoms with Gasteiger partial charge in [0.05, 0.1) is 13.0 Å². The Hall–Kier alpha value is -1.06. The van der Waals surface area contributed by atoms with E-state index in [9.17, 15) is 9.59 Å². The first-order valence-corrected chi connectivity index (χ1v) is 8.87. The summed E-state index contributed by atoms with van der Waals surface area (Å²) in [6.07, 6.45) is 14.2. The third-order valence-electron chi connectivity index (χ3n) is 4.13. The molecule has 0 fully saturated rings. The first-order valence-electron chi connectivity index (χ1n) is 8.87. The number of rotatable bonds is 15. The van der Waals surface area contributed by atoms with Gasteiger partial charge in [-0.05, 0) is 12.8 Å². The molecule has 4 heteroatoms. The van der Waals surface area contributed by atoms with Crippen LogP contribution in [0.5, 0.6) is 0 Å². The summed E-state index contributed by atoms with van der Waals surface area (Å²) < 4.78 is 4.71. The third-order valence-corrected chi connectivity index (χ3v) is 4.13. The number of carboxylic acid groups (broad SMARTS) is 1. The molecule has 0 saturated heterocycles. The molecule has 0 aliphatic rings. The van der Waals surface area contributed by atoms with Crippen molar-refractivity contribution in [3.8, 4) is 0 Å². The van der Waals surface area contributed by atoms with Crippen LogP contribution in [-0.4, -0.2) is 24.2 Å². The summed E-state index contributed by atoms with van der Waals surface area (Å²) >= 11 is 0. The van der Waals surface area contributed by atoms with Crippen molar-refractivity contribution >= 4 is 11.9 Å². The number of esters is 1. The maximum atomic E-state index is 11.2. The lowest BCUT2D eigenvalue weighted by Gasteiger charge is -2.08. The summed E-state index contributed by atoms with van der Waals surface area (Å²) in [6.45, 7) is 1.93. The smallest absolute Gasteiger partial charge is 0.308 e. The van der Waals surface area contributed by atoms with Crippen molar-refractivity contribution in [3.05, 3.63) is 0 Å². The molecule has 22 heavy (non-hydrogen) atoms. The fourth-order valence-electron chi connectivity index (χ4n) is 2.64. The zero-order valence-electron chi connectivity index (χ0n) is 14.4. The first-order chi connectivity index (χ1) is 10.6. The molecule has 0 rings (SSSR count). The maximum absolute atomic E-state index is 11.2. The zero-order valence-corrected chi connectivity index (χ0v) is 14.4. The Morgan fingerprint density at radius 2 is 1.23 bits per heavy atom. The molecule has 1 atom stereocenters. The molecule has 130 valence electrons. The Morgan fingerprint density at radius 1 is 0.818 bits per heavy atom. The molecule has 0 saturated carbocycles. The Balaban J connectivity index is 3.14. The van der Waals surface area contributed by atoms with Crippen LogP contribution in [0, 0.1) is 5.92 Å². The van der Waals surface area contributed by atoms with E-state index >= 15 is 0 Å². The standard InChI is InChI=1S/C18H34O4/c1-16(18(21)22-2)14-12-10-8-6-4-3-5-7-9-11-13-15-17(19)20/h16H,3-15H2,1-2H3,(H,19,20). The topological polar surface area (TPSA) is 63.6 Å². The normalized spacial score (nSPS) is 12.1. The van der Waals surface area contributed by atoms with Gasteiger partial charge >= 0.3 is 11.9 Å². The van der Waals surface area contributed by atoms with Crippen LogP contribution in [0.4, 0.5) is 0 Å². The van der Waals surface area contributed by atoms with Crippen molar-refractivity contribution in [2.45, 2.75) is 90.4 Å². The molecule has 0 amide bonds. The monoisotopic (exact) mass is 314 g/mol. The van der Waals surface area contributed by atoms with E-state index in [0.717, 1.165) is 25.7 Å². The quantitative estimate of drug-likeness (QED) is 0.343. The molecule has 0 radical (unpaired) electrons. The number of carbonyl (C=O) groups is 2. The lowest BCUT2D eigenvalue weighted by atomic mass is 10.0. The fourth-order valence-corrected chi connectivity index (χ4v) is 2.64. The fraction of sp³-hybridized carbons (Fsp3) is 0.889. The molecule has 0 spiro atoms. The van der Waals surface area contributed by atoms with E-state index in [1.165, 1.54) is 58.5 Å². The van der Waals surface area contributed by atoms with Gasteiger partial charge in [-0.2, -0.15) is 0 Å². The van der Waals surface area contributed by atoms with Gasteiger partial charge in [-0.1, -0.05) is 71.1 Å². The van der Waals surface area contributed by atoms with Gasteiger partial charge in [0, 0.05) is 6.42 Å². The van der Waals surface area contributed by atoms with Crippen molar-refractivity contribution in [2.75, 3.05) is 7.11 Å². The van der Waals surface area contributed by atoms with Crippen molar-refractivity contribution in [3.63, 3.8) is 0 Å². The van der Waals surface area contributed by atoms with E-state index in [0.29, 0.717) is 6.42 Å². The van der Waals surface area contributed by atoms with Crippen LogP contribution in [0.3, 0.4) is 0 Å². The molecule has 0 aliphatic carbocycles. The first kappa shape index (κ1) is 20.9. The largest absolute Gasteiger partial charge is 0.481 e. The van der Waals surface area contributed by atoms with Gasteiger partial charge in [0.15, 0.2) is 0 Å². The van der Waals surface area contributed by atoms with Crippen molar-refractivity contribution in [1.29, 1.82) is 0 Å². The van der Waals surface area contributed by atoms with Crippen molar-refractivity contribution < 1.29 is 19.4 Å². The second-order valence-corrected chi connectivity index (χ2v) is 6.25. The van der Waals surface area contributed by atoms with E-state index in [-0.39, 0.29) is 11.9 Å². The van der Waals surface area contributed by atoms with Crippen LogP contribution in [-0.2, 0) is 14.3 Å². The number of hydrogen-bond donors (Lipinski definition) is 1. The second-order valence-electron chi connectivity index (χ2n) is 6.25. The lowest BCUT2D eigenvalue weighted by molar-refractivity contribution is -0.145. The van der Waals surface area contributed by atoms with Crippen LogP contribution in [0.25, 0.3) is 0 Å². The molecular formula is C18H34O4. The van der Waals surface area contributed by atoms with Crippen LogP contribution in [0.1, 0.15) is 90.4 Å². The second kappa shape index (κ2) is 14.9. The third kappa shape index (κ3) is 13.9. The predicted octanol–water partition coefficient (Wildman–Crippen LogP) is 4.95. The van der Waals surface area contributed by atoms with Gasteiger partial charge in [-0.3, -0.25) is 9.59 Å². The van der Waals surface area contributed by atoms with E-state index < -0.39 is 5.97 Å². The summed E-state index contributed by atoms with van der Waals surface area (Å²) in [7, 11) is 1.45. The molecule has 4 nitrogen and oxygen atoms in total. The minimum Gasteiger partial charge on any atom is -0.481 e. The molecular weight excluding hydrogens is 280 g/mol. The van der Waals surface area contributed by atoms with Gasteiger partial charge in [-0.25, -0.2) is 0 Å². The molecule has 1 unspecified atom stereocenters. The highest BCUT2D eigenvalue weighted by Crippen LogP contribution is 2.14. The number of aliphatic carboxylic acids is 1. The molecule has 0 aromatic heterocycles. The molecule has 0 aromatic carbocycles.